The van der Waals surface area contributed by atoms with Gasteiger partial charge in [0.2, 0.25) is 0 Å². The molecule has 7 heteroatoms. The first-order valence-corrected chi connectivity index (χ1v) is 10.1. The van der Waals surface area contributed by atoms with E-state index < -0.39 is 0 Å². The molecule has 0 spiro atoms. The van der Waals surface area contributed by atoms with Gasteiger partial charge >= 0.3 is 0 Å². The van der Waals surface area contributed by atoms with Crippen LogP contribution in [0.25, 0.3) is 0 Å². The molecule has 0 aromatic heterocycles. The molecule has 1 aliphatic heterocycles. The molecule has 0 radical (unpaired) electrons. The van der Waals surface area contributed by atoms with Crippen LogP contribution < -0.4 is 10.6 Å². The molecule has 0 amide bonds. The number of hydrogen-bond donors (Lipinski definition) is 2. The molecule has 146 valence electrons. The summed E-state index contributed by atoms with van der Waals surface area (Å²) in [6.07, 6.45) is 7.83. The van der Waals surface area contributed by atoms with Crippen molar-refractivity contribution in [3.63, 3.8) is 0 Å². The number of benzene rings is 1. The zero-order chi connectivity index (χ0) is 17.6. The molecule has 1 aromatic rings. The van der Waals surface area contributed by atoms with Crippen molar-refractivity contribution in [2.45, 2.75) is 57.2 Å². The highest BCUT2D eigenvalue weighted by Crippen LogP contribution is 2.26. The van der Waals surface area contributed by atoms with Crippen LogP contribution in [0.5, 0.6) is 0 Å². The number of piperidine rings is 1. The SMILES string of the molecule is CN=C(NCc1ccc(Br)cc1F)NC1CCN(C2CCCC2)CC1.I. The lowest BCUT2D eigenvalue weighted by atomic mass is 10.0. The normalized spacial score (nSPS) is 20.0. The lowest BCUT2D eigenvalue weighted by molar-refractivity contribution is 0.150. The Hall–Kier alpha value is -0.410. The maximum absolute atomic E-state index is 13.9. The van der Waals surface area contributed by atoms with Gasteiger partial charge in [-0.1, -0.05) is 34.8 Å². The minimum Gasteiger partial charge on any atom is -0.354 e. The Labute approximate surface area is 181 Å². The summed E-state index contributed by atoms with van der Waals surface area (Å²) in [4.78, 5) is 6.96. The molecular weight excluding hydrogens is 510 g/mol. The Morgan fingerprint density at radius 2 is 1.92 bits per heavy atom. The number of hydrogen-bond acceptors (Lipinski definition) is 2. The molecule has 2 aliphatic rings. The predicted molar refractivity (Wildman–Crippen MR) is 120 cm³/mol. The fourth-order valence-corrected chi connectivity index (χ4v) is 4.24. The largest absolute Gasteiger partial charge is 0.354 e. The van der Waals surface area contributed by atoms with Crippen molar-refractivity contribution in [2.75, 3.05) is 20.1 Å². The third-order valence-corrected chi connectivity index (χ3v) is 5.89. The van der Waals surface area contributed by atoms with E-state index in [1.807, 2.05) is 6.07 Å². The van der Waals surface area contributed by atoms with Gasteiger partial charge in [-0.3, -0.25) is 4.99 Å². The van der Waals surface area contributed by atoms with Crippen molar-refractivity contribution < 1.29 is 4.39 Å². The first kappa shape index (κ1) is 21.9. The van der Waals surface area contributed by atoms with E-state index >= 15 is 0 Å². The number of likely N-dealkylation sites (tertiary alicyclic amines) is 1. The third kappa shape index (κ3) is 6.05. The summed E-state index contributed by atoms with van der Waals surface area (Å²) >= 11 is 3.28. The van der Waals surface area contributed by atoms with E-state index in [9.17, 15) is 4.39 Å². The number of nitrogens with one attached hydrogen (secondary N) is 2. The number of guanidine groups is 1. The molecule has 0 bridgehead atoms. The summed E-state index contributed by atoms with van der Waals surface area (Å²) < 4.78 is 14.7. The monoisotopic (exact) mass is 538 g/mol. The average molecular weight is 539 g/mol. The fraction of sp³-hybridized carbons (Fsp3) is 0.632. The minimum atomic E-state index is -0.206. The summed E-state index contributed by atoms with van der Waals surface area (Å²) in [6, 6.07) is 6.40. The standard InChI is InChI=1S/C19H28BrFN4.HI/c1-22-19(23-13-14-6-7-15(20)12-18(14)21)24-16-8-10-25(11-9-16)17-4-2-3-5-17;/h6-7,12,16-17H,2-5,8-11,13H2,1H3,(H2,22,23,24);1H. The Morgan fingerprint density at radius 1 is 1.23 bits per heavy atom. The molecule has 1 saturated heterocycles. The van der Waals surface area contributed by atoms with E-state index in [4.69, 9.17) is 0 Å². The van der Waals surface area contributed by atoms with Crippen molar-refractivity contribution in [3.05, 3.63) is 34.1 Å². The van der Waals surface area contributed by atoms with Gasteiger partial charge < -0.3 is 15.5 Å². The van der Waals surface area contributed by atoms with Crippen LogP contribution in [0.3, 0.4) is 0 Å². The Morgan fingerprint density at radius 3 is 2.54 bits per heavy atom. The molecule has 1 aliphatic carbocycles. The van der Waals surface area contributed by atoms with Crippen LogP contribution in [-0.2, 0) is 6.54 Å². The molecule has 1 aromatic carbocycles. The maximum atomic E-state index is 13.9. The fourth-order valence-electron chi connectivity index (χ4n) is 3.91. The van der Waals surface area contributed by atoms with Crippen molar-refractivity contribution in [1.82, 2.24) is 15.5 Å². The topological polar surface area (TPSA) is 39.7 Å². The second-order valence-corrected chi connectivity index (χ2v) is 7.97. The molecule has 1 saturated carbocycles. The predicted octanol–water partition coefficient (Wildman–Crippen LogP) is 4.28. The van der Waals surface area contributed by atoms with Gasteiger partial charge in [0.05, 0.1) is 0 Å². The third-order valence-electron chi connectivity index (χ3n) is 5.40. The maximum Gasteiger partial charge on any atom is 0.191 e. The van der Waals surface area contributed by atoms with Gasteiger partial charge in [0.1, 0.15) is 5.82 Å². The highest BCUT2D eigenvalue weighted by atomic mass is 127. The average Bonchev–Trinajstić information content (AvgIpc) is 3.15. The van der Waals surface area contributed by atoms with Gasteiger partial charge in [0.15, 0.2) is 5.96 Å². The van der Waals surface area contributed by atoms with Crippen molar-refractivity contribution in [1.29, 1.82) is 0 Å². The zero-order valence-corrected chi connectivity index (χ0v) is 19.2. The summed E-state index contributed by atoms with van der Waals surface area (Å²) in [5, 5.41) is 6.73. The van der Waals surface area contributed by atoms with Crippen LogP contribution in [0, 0.1) is 5.82 Å². The van der Waals surface area contributed by atoms with Gasteiger partial charge in [0.25, 0.3) is 0 Å². The van der Waals surface area contributed by atoms with Crippen LogP contribution in [0.1, 0.15) is 44.1 Å². The van der Waals surface area contributed by atoms with Crippen LogP contribution in [0.2, 0.25) is 0 Å². The summed E-state index contributed by atoms with van der Waals surface area (Å²) in [5.41, 5.74) is 0.641. The molecule has 0 atom stereocenters. The molecule has 2 N–H and O–H groups in total. The van der Waals surface area contributed by atoms with Gasteiger partial charge in [-0.05, 0) is 37.8 Å². The van der Waals surface area contributed by atoms with E-state index in [0.29, 0.717) is 18.2 Å². The van der Waals surface area contributed by atoms with Crippen LogP contribution in [0.4, 0.5) is 4.39 Å². The van der Waals surface area contributed by atoms with E-state index in [0.717, 1.165) is 29.3 Å². The molecular formula is C19H29BrFIN4. The number of aliphatic imine (C=N–C) groups is 1. The first-order valence-electron chi connectivity index (χ1n) is 9.31. The molecule has 26 heavy (non-hydrogen) atoms. The highest BCUT2D eigenvalue weighted by molar-refractivity contribution is 14.0. The first-order chi connectivity index (χ1) is 12.2. The molecule has 3 rings (SSSR count). The van der Waals surface area contributed by atoms with Gasteiger partial charge in [0, 0.05) is 48.8 Å². The van der Waals surface area contributed by atoms with E-state index in [2.05, 4.69) is 36.5 Å². The number of rotatable bonds is 4. The molecule has 2 fully saturated rings. The van der Waals surface area contributed by atoms with Gasteiger partial charge in [-0.15, -0.1) is 24.0 Å². The lowest BCUT2D eigenvalue weighted by Crippen LogP contribution is -2.50. The molecule has 4 nitrogen and oxygen atoms in total. The highest BCUT2D eigenvalue weighted by Gasteiger charge is 2.27. The smallest absolute Gasteiger partial charge is 0.191 e. The van der Waals surface area contributed by atoms with Crippen molar-refractivity contribution in [3.8, 4) is 0 Å². The Balaban J connectivity index is 0.00000243. The summed E-state index contributed by atoms with van der Waals surface area (Å²) in [7, 11) is 1.76. The number of halogens is 3. The summed E-state index contributed by atoms with van der Waals surface area (Å²) in [6.45, 7) is 2.76. The molecule has 1 heterocycles. The Bertz CT molecular complexity index is 599. The Kier molecular flexibility index (Phi) is 9.09. The van der Waals surface area contributed by atoms with Crippen LogP contribution in [0.15, 0.2) is 27.7 Å². The quantitative estimate of drug-likeness (QED) is 0.341. The van der Waals surface area contributed by atoms with E-state index in [1.165, 1.54) is 44.8 Å². The van der Waals surface area contributed by atoms with E-state index in [1.54, 1.807) is 13.1 Å². The second kappa shape index (κ2) is 10.8. The van der Waals surface area contributed by atoms with E-state index in [-0.39, 0.29) is 29.8 Å². The van der Waals surface area contributed by atoms with Crippen LogP contribution >= 0.6 is 39.9 Å². The second-order valence-electron chi connectivity index (χ2n) is 7.05. The molecule has 0 unspecified atom stereocenters. The van der Waals surface area contributed by atoms with Gasteiger partial charge in [-0.2, -0.15) is 0 Å². The van der Waals surface area contributed by atoms with Crippen molar-refractivity contribution >= 4 is 45.9 Å². The van der Waals surface area contributed by atoms with Crippen molar-refractivity contribution in [2.24, 2.45) is 4.99 Å². The number of nitrogens with zero attached hydrogens (tertiary/aromatic N) is 2. The minimum absolute atomic E-state index is 0. The summed E-state index contributed by atoms with van der Waals surface area (Å²) in [5.74, 6) is 0.545. The lowest BCUT2D eigenvalue weighted by Gasteiger charge is -2.36. The van der Waals surface area contributed by atoms with Gasteiger partial charge in [-0.25, -0.2) is 4.39 Å². The zero-order valence-electron chi connectivity index (χ0n) is 15.3. The van der Waals surface area contributed by atoms with Crippen LogP contribution in [-0.4, -0.2) is 43.1 Å².